The van der Waals surface area contributed by atoms with E-state index in [4.69, 9.17) is 4.52 Å². The predicted octanol–water partition coefficient (Wildman–Crippen LogP) is 5.99. The zero-order chi connectivity index (χ0) is 30.7. The molecule has 3 aromatic rings. The zero-order valence-electron chi connectivity index (χ0n) is 25.5. The van der Waals surface area contributed by atoms with Gasteiger partial charge in [0, 0.05) is 22.4 Å². The van der Waals surface area contributed by atoms with E-state index < -0.39 is 20.0 Å². The molecule has 222 valence electrons. The summed E-state index contributed by atoms with van der Waals surface area (Å²) in [6, 6.07) is 19.4. The third-order valence-electron chi connectivity index (χ3n) is 6.81. The van der Waals surface area contributed by atoms with Crippen LogP contribution in [0.15, 0.2) is 95.2 Å². The first-order valence-corrected chi connectivity index (χ1v) is 15.6. The van der Waals surface area contributed by atoms with E-state index in [0.717, 1.165) is 28.2 Å². The lowest BCUT2D eigenvalue weighted by atomic mass is 9.84. The number of nitrogens with one attached hydrogen (secondary N) is 1. The summed E-state index contributed by atoms with van der Waals surface area (Å²) in [7, 11) is -1.19. The van der Waals surface area contributed by atoms with E-state index in [2.05, 4.69) is 50.3 Å². The maximum atomic E-state index is 13.3. The summed E-state index contributed by atoms with van der Waals surface area (Å²) in [5.41, 5.74) is 2.04. The largest absolute Gasteiger partial charge is 0.348 e. The first-order chi connectivity index (χ1) is 20.1. The monoisotopic (exact) mass is 587 g/mol. The highest BCUT2D eigenvalue weighted by Gasteiger charge is 2.23. The second-order valence-electron chi connectivity index (χ2n) is 11.1. The molecule has 1 N–H and O–H groups in total. The highest BCUT2D eigenvalue weighted by molar-refractivity contribution is 7.65. The smallest absolute Gasteiger partial charge is 0.271 e. The lowest BCUT2D eigenvalue weighted by molar-refractivity contribution is -0.126. The topological polar surface area (TPSA) is 90.3 Å². The van der Waals surface area contributed by atoms with Crippen molar-refractivity contribution in [1.82, 2.24) is 15.1 Å². The Morgan fingerprint density at radius 2 is 1.76 bits per heavy atom. The number of hydrogen-bond acceptors (Lipinski definition) is 5. The van der Waals surface area contributed by atoms with Gasteiger partial charge in [0.2, 0.25) is 5.91 Å². The number of hydrogen-bond donors (Lipinski definition) is 1. The summed E-state index contributed by atoms with van der Waals surface area (Å²) >= 11 is 0. The van der Waals surface area contributed by atoms with Gasteiger partial charge in [-0.15, -0.1) is 0 Å². The van der Waals surface area contributed by atoms with Crippen LogP contribution in [0.1, 0.15) is 70.6 Å². The molecule has 0 aliphatic heterocycles. The molecule has 0 bridgehead atoms. The van der Waals surface area contributed by atoms with Gasteiger partial charge in [-0.05, 0) is 42.9 Å². The fraction of sp³-hybridized carbons (Fsp3) is 0.353. The van der Waals surface area contributed by atoms with E-state index in [0.29, 0.717) is 12.1 Å². The maximum Gasteiger partial charge on any atom is 0.271 e. The van der Waals surface area contributed by atoms with Gasteiger partial charge in [-0.1, -0.05) is 101 Å². The molecule has 0 aliphatic rings. The number of nitrogens with zero attached hydrogens (tertiary/aromatic N) is 2. The van der Waals surface area contributed by atoms with Crippen molar-refractivity contribution < 1.29 is 14.1 Å². The van der Waals surface area contributed by atoms with Gasteiger partial charge < -0.3 is 9.84 Å². The number of carbonyl (C=O) groups is 2. The van der Waals surface area contributed by atoms with Crippen LogP contribution in [0.3, 0.4) is 0 Å². The van der Waals surface area contributed by atoms with Crippen LogP contribution in [0.4, 0.5) is 0 Å². The molecule has 2 atom stereocenters. The van der Waals surface area contributed by atoms with Crippen LogP contribution in [-0.4, -0.2) is 34.6 Å². The Morgan fingerprint density at radius 3 is 2.43 bits per heavy atom. The molecule has 1 heterocycles. The summed E-state index contributed by atoms with van der Waals surface area (Å²) in [5.74, 6) is -1.41. The number of rotatable bonds is 13. The number of aromatic nitrogens is 2. The molecule has 2 aromatic carbocycles. The Kier molecular flexibility index (Phi) is 12.1. The highest BCUT2D eigenvalue weighted by Crippen LogP contribution is 2.45. The second-order valence-corrected chi connectivity index (χ2v) is 12.9. The molecule has 0 radical (unpaired) electrons. The molecule has 2 unspecified atom stereocenters. The van der Waals surface area contributed by atoms with Gasteiger partial charge in [0.1, 0.15) is 6.61 Å². The quantitative estimate of drug-likeness (QED) is 0.196. The van der Waals surface area contributed by atoms with Gasteiger partial charge in [0.05, 0.1) is 27.2 Å². The Bertz CT molecular complexity index is 1470. The standard InChI is InChI=1S/C34H42N3O4P/c1-7-9-16-28(8-2)42(29-17-11-10-12-18-29)41-24-27(38)22-35-32(39)25(3)30-20-21-36-37(33(30)40)23-26-15-13-14-19-31(26)34(4,5)6/h8-21,25H,7,22-24H2,1-6H3,(H,35,39)/b16-9-,28-8+. The van der Waals surface area contributed by atoms with Crippen LogP contribution >= 0.6 is 8.15 Å². The van der Waals surface area contributed by atoms with E-state index in [1.165, 1.54) is 10.9 Å². The van der Waals surface area contributed by atoms with Crippen molar-refractivity contribution >= 4 is 25.1 Å². The summed E-state index contributed by atoms with van der Waals surface area (Å²) in [5, 5.41) is 8.98. The van der Waals surface area contributed by atoms with E-state index in [9.17, 15) is 14.4 Å². The number of amides is 1. The van der Waals surface area contributed by atoms with Crippen LogP contribution in [0.2, 0.25) is 0 Å². The van der Waals surface area contributed by atoms with E-state index >= 15 is 0 Å². The minimum atomic E-state index is -1.19. The Hall–Kier alpha value is -3.67. The third-order valence-corrected chi connectivity index (χ3v) is 8.84. The van der Waals surface area contributed by atoms with Crippen molar-refractivity contribution in [2.75, 3.05) is 13.2 Å². The molecule has 0 saturated heterocycles. The molecule has 1 aromatic heterocycles. The van der Waals surface area contributed by atoms with E-state index in [1.54, 1.807) is 13.0 Å². The molecular weight excluding hydrogens is 545 g/mol. The Balaban J connectivity index is 1.65. The number of allylic oxidation sites excluding steroid dienone is 4. The van der Waals surface area contributed by atoms with Crippen molar-refractivity contribution in [3.8, 4) is 0 Å². The molecular formula is C34H42N3O4P. The van der Waals surface area contributed by atoms with Crippen molar-refractivity contribution in [2.45, 2.75) is 65.8 Å². The second kappa shape index (κ2) is 15.5. The normalized spacial score (nSPS) is 13.6. The van der Waals surface area contributed by atoms with Crippen LogP contribution in [-0.2, 0) is 26.1 Å². The Morgan fingerprint density at radius 1 is 1.07 bits per heavy atom. The van der Waals surface area contributed by atoms with Gasteiger partial charge in [-0.2, -0.15) is 5.10 Å². The fourth-order valence-electron chi connectivity index (χ4n) is 4.51. The van der Waals surface area contributed by atoms with Gasteiger partial charge >= 0.3 is 0 Å². The fourth-order valence-corrected chi connectivity index (χ4v) is 6.30. The van der Waals surface area contributed by atoms with Crippen LogP contribution in [0.5, 0.6) is 0 Å². The molecule has 8 heteroatoms. The molecule has 0 fully saturated rings. The molecule has 3 rings (SSSR count). The van der Waals surface area contributed by atoms with Crippen LogP contribution < -0.4 is 16.2 Å². The van der Waals surface area contributed by atoms with Gasteiger partial charge in [0.25, 0.3) is 5.56 Å². The van der Waals surface area contributed by atoms with E-state index in [1.807, 2.05) is 67.6 Å². The number of Topliss-reactive ketones (excluding diaryl/α,β-unsaturated/α-hetero) is 1. The predicted molar refractivity (Wildman–Crippen MR) is 171 cm³/mol. The van der Waals surface area contributed by atoms with Gasteiger partial charge in [-0.3, -0.25) is 14.4 Å². The maximum absolute atomic E-state index is 13.3. The summed E-state index contributed by atoms with van der Waals surface area (Å²) in [4.78, 5) is 39.1. The first kappa shape index (κ1) is 32.8. The average Bonchev–Trinajstić information content (AvgIpc) is 2.98. The van der Waals surface area contributed by atoms with Crippen molar-refractivity contribution in [3.63, 3.8) is 0 Å². The van der Waals surface area contributed by atoms with Crippen molar-refractivity contribution in [1.29, 1.82) is 0 Å². The molecule has 42 heavy (non-hydrogen) atoms. The SMILES string of the molecule is C/C=C(\C=C/CC)P(OCC(=O)CNC(=O)C(C)c1ccnn(Cc2ccccc2C(C)(C)C)c1=O)c1ccccc1. The number of benzene rings is 2. The Labute approximate surface area is 250 Å². The number of carbonyl (C=O) groups excluding carboxylic acids is 2. The zero-order valence-corrected chi connectivity index (χ0v) is 26.4. The first-order valence-electron chi connectivity index (χ1n) is 14.3. The summed E-state index contributed by atoms with van der Waals surface area (Å²) < 4.78 is 7.51. The molecule has 0 spiro atoms. The summed E-state index contributed by atoms with van der Waals surface area (Å²) in [6.07, 6.45) is 8.54. The van der Waals surface area contributed by atoms with Gasteiger partial charge in [0.15, 0.2) is 5.78 Å². The molecule has 1 amide bonds. The number of ketones is 1. The van der Waals surface area contributed by atoms with E-state index in [-0.39, 0.29) is 29.9 Å². The van der Waals surface area contributed by atoms with Crippen LogP contribution in [0.25, 0.3) is 0 Å². The minimum Gasteiger partial charge on any atom is -0.348 e. The minimum absolute atomic E-state index is 0.0931. The van der Waals surface area contributed by atoms with Gasteiger partial charge in [-0.25, -0.2) is 4.68 Å². The lowest BCUT2D eigenvalue weighted by Gasteiger charge is -2.23. The third kappa shape index (κ3) is 8.91. The molecule has 7 nitrogen and oxygen atoms in total. The lowest BCUT2D eigenvalue weighted by Crippen LogP contribution is -2.37. The van der Waals surface area contributed by atoms with Crippen LogP contribution in [0, 0.1) is 0 Å². The van der Waals surface area contributed by atoms with Crippen molar-refractivity contribution in [3.05, 3.63) is 117 Å². The average molecular weight is 588 g/mol. The van der Waals surface area contributed by atoms with Crippen molar-refractivity contribution in [2.24, 2.45) is 0 Å². The molecule has 0 saturated carbocycles. The highest BCUT2D eigenvalue weighted by atomic mass is 31.1. The molecule has 0 aliphatic carbocycles. The summed E-state index contributed by atoms with van der Waals surface area (Å²) in [6.45, 7) is 12.0.